The van der Waals surface area contributed by atoms with Crippen LogP contribution in [0, 0.1) is 11.7 Å². The summed E-state index contributed by atoms with van der Waals surface area (Å²) in [6.45, 7) is 7.63. The van der Waals surface area contributed by atoms with Crippen LogP contribution in [0.5, 0.6) is 0 Å². The summed E-state index contributed by atoms with van der Waals surface area (Å²) < 4.78 is 13.2. The molecule has 3 heteroatoms. The molecule has 0 heterocycles. The van der Waals surface area contributed by atoms with Crippen LogP contribution in [0.2, 0.25) is 0 Å². The first-order valence-corrected chi connectivity index (χ1v) is 8.26. The Labute approximate surface area is 128 Å². The standard InChI is InChI=1S/C18H29FN2/c1-13(2)12-21(17-6-4-5-7-17)18(14(3)20)15-8-10-16(19)11-9-15/h8-11,13-14,17-18H,4-7,12,20H2,1-3H3. The van der Waals surface area contributed by atoms with Crippen LogP contribution in [0.1, 0.15) is 58.1 Å². The topological polar surface area (TPSA) is 29.3 Å². The van der Waals surface area contributed by atoms with Gasteiger partial charge in [0.05, 0.1) is 0 Å². The van der Waals surface area contributed by atoms with E-state index in [0.717, 1.165) is 12.1 Å². The number of nitrogens with zero attached hydrogens (tertiary/aromatic N) is 1. The van der Waals surface area contributed by atoms with E-state index in [4.69, 9.17) is 5.73 Å². The molecule has 2 nitrogen and oxygen atoms in total. The summed E-state index contributed by atoms with van der Waals surface area (Å²) in [5, 5.41) is 0. The van der Waals surface area contributed by atoms with Crippen molar-refractivity contribution in [1.82, 2.24) is 4.90 Å². The van der Waals surface area contributed by atoms with Gasteiger partial charge in [0.2, 0.25) is 0 Å². The van der Waals surface area contributed by atoms with Gasteiger partial charge in [-0.2, -0.15) is 0 Å². The fraction of sp³-hybridized carbons (Fsp3) is 0.667. The number of halogens is 1. The van der Waals surface area contributed by atoms with Crippen molar-refractivity contribution in [2.45, 2.75) is 64.6 Å². The Morgan fingerprint density at radius 2 is 1.71 bits per heavy atom. The first-order valence-electron chi connectivity index (χ1n) is 8.26. The maximum Gasteiger partial charge on any atom is 0.123 e. The highest BCUT2D eigenvalue weighted by Crippen LogP contribution is 2.33. The summed E-state index contributed by atoms with van der Waals surface area (Å²) in [7, 11) is 0. The van der Waals surface area contributed by atoms with Crippen LogP contribution in [0.3, 0.4) is 0 Å². The molecule has 1 fully saturated rings. The van der Waals surface area contributed by atoms with Crippen molar-refractivity contribution in [1.29, 1.82) is 0 Å². The summed E-state index contributed by atoms with van der Waals surface area (Å²) in [5.41, 5.74) is 7.45. The fourth-order valence-electron chi connectivity index (χ4n) is 3.60. The minimum atomic E-state index is -0.182. The smallest absolute Gasteiger partial charge is 0.123 e. The molecule has 2 rings (SSSR count). The van der Waals surface area contributed by atoms with Crippen LogP contribution in [0.25, 0.3) is 0 Å². The molecule has 0 spiro atoms. The van der Waals surface area contributed by atoms with E-state index in [1.165, 1.54) is 25.7 Å². The average molecular weight is 292 g/mol. The van der Waals surface area contributed by atoms with E-state index in [0.29, 0.717) is 12.0 Å². The van der Waals surface area contributed by atoms with Crippen LogP contribution in [0.4, 0.5) is 4.39 Å². The Morgan fingerprint density at radius 3 is 2.19 bits per heavy atom. The minimum Gasteiger partial charge on any atom is -0.326 e. The molecule has 2 N–H and O–H groups in total. The monoisotopic (exact) mass is 292 g/mol. The van der Waals surface area contributed by atoms with Crippen LogP contribution < -0.4 is 5.73 Å². The second kappa shape index (κ2) is 7.37. The fourth-order valence-corrected chi connectivity index (χ4v) is 3.60. The number of nitrogens with two attached hydrogens (primary N) is 1. The van der Waals surface area contributed by atoms with Crippen molar-refractivity contribution in [2.24, 2.45) is 11.7 Å². The number of hydrogen-bond donors (Lipinski definition) is 1. The van der Waals surface area contributed by atoms with Crippen molar-refractivity contribution in [3.05, 3.63) is 35.6 Å². The van der Waals surface area contributed by atoms with Crippen LogP contribution >= 0.6 is 0 Å². The molecule has 0 amide bonds. The Bertz CT molecular complexity index is 421. The van der Waals surface area contributed by atoms with E-state index in [9.17, 15) is 4.39 Å². The third-order valence-electron chi connectivity index (χ3n) is 4.44. The van der Waals surface area contributed by atoms with Crippen molar-refractivity contribution in [3.8, 4) is 0 Å². The number of benzene rings is 1. The second-order valence-corrected chi connectivity index (χ2v) is 6.88. The van der Waals surface area contributed by atoms with Gasteiger partial charge < -0.3 is 5.73 Å². The summed E-state index contributed by atoms with van der Waals surface area (Å²) in [6, 6.07) is 7.72. The molecule has 2 unspecified atom stereocenters. The Hall–Kier alpha value is -0.930. The van der Waals surface area contributed by atoms with Crippen molar-refractivity contribution >= 4 is 0 Å². The lowest BCUT2D eigenvalue weighted by molar-refractivity contribution is 0.104. The molecule has 0 radical (unpaired) electrons. The Morgan fingerprint density at radius 1 is 1.14 bits per heavy atom. The highest BCUT2D eigenvalue weighted by molar-refractivity contribution is 5.22. The zero-order chi connectivity index (χ0) is 15.4. The SMILES string of the molecule is CC(C)CN(C1CCCC1)C(c1ccc(F)cc1)C(C)N. The minimum absolute atomic E-state index is 0.0369. The van der Waals surface area contributed by atoms with Gasteiger partial charge in [-0.05, 0) is 43.4 Å². The molecule has 1 aromatic carbocycles. The normalized spacial score (nSPS) is 19.4. The molecule has 118 valence electrons. The second-order valence-electron chi connectivity index (χ2n) is 6.88. The molecule has 0 aliphatic heterocycles. The average Bonchev–Trinajstić information content (AvgIpc) is 2.93. The van der Waals surface area contributed by atoms with Crippen LogP contribution in [-0.4, -0.2) is 23.5 Å². The Balaban J connectivity index is 2.28. The first-order chi connectivity index (χ1) is 9.99. The molecule has 1 aliphatic rings. The van der Waals surface area contributed by atoms with Gasteiger partial charge in [0.1, 0.15) is 5.82 Å². The third-order valence-corrected chi connectivity index (χ3v) is 4.44. The predicted octanol–water partition coefficient (Wildman–Crippen LogP) is 4.11. The van der Waals surface area contributed by atoms with Gasteiger partial charge in [0.15, 0.2) is 0 Å². The van der Waals surface area contributed by atoms with E-state index < -0.39 is 0 Å². The lowest BCUT2D eigenvalue weighted by Crippen LogP contribution is -2.46. The van der Waals surface area contributed by atoms with E-state index in [1.54, 1.807) is 12.1 Å². The van der Waals surface area contributed by atoms with E-state index in [-0.39, 0.29) is 17.9 Å². The molecule has 2 atom stereocenters. The maximum absolute atomic E-state index is 13.2. The van der Waals surface area contributed by atoms with E-state index >= 15 is 0 Å². The largest absolute Gasteiger partial charge is 0.326 e. The zero-order valence-electron chi connectivity index (χ0n) is 13.6. The molecule has 0 saturated heterocycles. The molecule has 21 heavy (non-hydrogen) atoms. The van der Waals surface area contributed by atoms with Gasteiger partial charge in [-0.15, -0.1) is 0 Å². The van der Waals surface area contributed by atoms with Gasteiger partial charge in [-0.1, -0.05) is 38.8 Å². The lowest BCUT2D eigenvalue weighted by atomic mass is 9.95. The van der Waals surface area contributed by atoms with E-state index in [2.05, 4.69) is 25.7 Å². The molecule has 1 aromatic rings. The summed E-state index contributed by atoms with van der Waals surface area (Å²) >= 11 is 0. The van der Waals surface area contributed by atoms with Gasteiger partial charge in [0, 0.05) is 24.7 Å². The summed E-state index contributed by atoms with van der Waals surface area (Å²) in [5.74, 6) is 0.422. The molecule has 1 saturated carbocycles. The van der Waals surface area contributed by atoms with Gasteiger partial charge >= 0.3 is 0 Å². The number of hydrogen-bond acceptors (Lipinski definition) is 2. The first kappa shape index (κ1) is 16.4. The van der Waals surface area contributed by atoms with E-state index in [1.807, 2.05) is 12.1 Å². The highest BCUT2D eigenvalue weighted by atomic mass is 19.1. The third kappa shape index (κ3) is 4.27. The quantitative estimate of drug-likeness (QED) is 0.854. The Kier molecular flexibility index (Phi) is 5.77. The van der Waals surface area contributed by atoms with Gasteiger partial charge in [-0.25, -0.2) is 4.39 Å². The zero-order valence-corrected chi connectivity index (χ0v) is 13.6. The van der Waals surface area contributed by atoms with Crippen molar-refractivity contribution in [2.75, 3.05) is 6.54 Å². The van der Waals surface area contributed by atoms with Gasteiger partial charge in [0.25, 0.3) is 0 Å². The van der Waals surface area contributed by atoms with Crippen LogP contribution in [-0.2, 0) is 0 Å². The summed E-state index contributed by atoms with van der Waals surface area (Å²) in [6.07, 6.45) is 5.15. The highest BCUT2D eigenvalue weighted by Gasteiger charge is 2.32. The van der Waals surface area contributed by atoms with Gasteiger partial charge in [-0.3, -0.25) is 4.90 Å². The van der Waals surface area contributed by atoms with Crippen LogP contribution in [0.15, 0.2) is 24.3 Å². The molecule has 1 aliphatic carbocycles. The number of rotatable bonds is 6. The predicted molar refractivity (Wildman–Crippen MR) is 86.6 cm³/mol. The molecule has 0 aromatic heterocycles. The van der Waals surface area contributed by atoms with Crippen molar-refractivity contribution in [3.63, 3.8) is 0 Å². The maximum atomic E-state index is 13.2. The molecule has 0 bridgehead atoms. The molecular weight excluding hydrogens is 263 g/mol. The summed E-state index contributed by atoms with van der Waals surface area (Å²) in [4.78, 5) is 2.58. The van der Waals surface area contributed by atoms with Crippen molar-refractivity contribution < 1.29 is 4.39 Å². The lowest BCUT2D eigenvalue weighted by Gasteiger charge is -2.40. The molecular formula is C18H29FN2.